The van der Waals surface area contributed by atoms with Crippen LogP contribution in [0.5, 0.6) is 0 Å². The van der Waals surface area contributed by atoms with E-state index < -0.39 is 6.10 Å². The predicted molar refractivity (Wildman–Crippen MR) is 106 cm³/mol. The van der Waals surface area contributed by atoms with E-state index in [1.54, 1.807) is 0 Å². The summed E-state index contributed by atoms with van der Waals surface area (Å²) in [6.07, 6.45) is -0.0841. The molecule has 1 atom stereocenters. The van der Waals surface area contributed by atoms with E-state index >= 15 is 0 Å². The van der Waals surface area contributed by atoms with E-state index in [0.29, 0.717) is 18.5 Å². The number of aliphatic hydroxyl groups excluding tert-OH is 1. The summed E-state index contributed by atoms with van der Waals surface area (Å²) in [4.78, 5) is 14.6. The van der Waals surface area contributed by atoms with Crippen molar-refractivity contribution >= 4 is 16.7 Å². The summed E-state index contributed by atoms with van der Waals surface area (Å²) >= 11 is 0. The molecule has 1 amide bonds. The van der Waals surface area contributed by atoms with E-state index in [0.717, 1.165) is 16.3 Å². The maximum atomic E-state index is 12.8. The van der Waals surface area contributed by atoms with Crippen LogP contribution in [-0.2, 0) is 0 Å². The van der Waals surface area contributed by atoms with Crippen molar-refractivity contribution in [2.75, 3.05) is 6.54 Å². The highest BCUT2D eigenvalue weighted by atomic mass is 16.3. The Morgan fingerprint density at radius 3 is 2.27 bits per heavy atom. The van der Waals surface area contributed by atoms with Gasteiger partial charge in [-0.2, -0.15) is 0 Å². The zero-order valence-corrected chi connectivity index (χ0v) is 15.3. The summed E-state index contributed by atoms with van der Waals surface area (Å²) in [5.74, 6) is 0.00584. The molecule has 0 aromatic heterocycles. The van der Waals surface area contributed by atoms with Crippen molar-refractivity contribution in [1.82, 2.24) is 4.90 Å². The fraction of sp³-hybridized carbons (Fsp3) is 0.261. The molecule has 3 rings (SSSR count). The molecule has 0 spiro atoms. The van der Waals surface area contributed by atoms with Crippen molar-refractivity contribution in [1.29, 1.82) is 0 Å². The Morgan fingerprint density at radius 1 is 0.923 bits per heavy atom. The molecule has 3 nitrogen and oxygen atoms in total. The van der Waals surface area contributed by atoms with Crippen LogP contribution in [0.15, 0.2) is 72.8 Å². The van der Waals surface area contributed by atoms with Crippen molar-refractivity contribution in [2.45, 2.75) is 32.4 Å². The van der Waals surface area contributed by atoms with E-state index in [-0.39, 0.29) is 11.9 Å². The van der Waals surface area contributed by atoms with Gasteiger partial charge < -0.3 is 10.0 Å². The highest BCUT2D eigenvalue weighted by Gasteiger charge is 2.20. The molecule has 1 N–H and O–H groups in total. The van der Waals surface area contributed by atoms with Gasteiger partial charge >= 0.3 is 0 Å². The van der Waals surface area contributed by atoms with Gasteiger partial charge in [0.25, 0.3) is 5.91 Å². The average molecular weight is 347 g/mol. The number of carbonyl (C=O) groups is 1. The van der Waals surface area contributed by atoms with Crippen LogP contribution in [0.1, 0.15) is 42.3 Å². The van der Waals surface area contributed by atoms with Crippen LogP contribution < -0.4 is 0 Å². The SMILES string of the molecule is CC(C)N(CCC(O)c1ccc2ccccc2c1)C(=O)c1ccccc1. The van der Waals surface area contributed by atoms with Gasteiger partial charge in [0.05, 0.1) is 6.10 Å². The fourth-order valence-electron chi connectivity index (χ4n) is 3.18. The minimum atomic E-state index is -0.593. The van der Waals surface area contributed by atoms with Crippen molar-refractivity contribution < 1.29 is 9.90 Å². The highest BCUT2D eigenvalue weighted by Crippen LogP contribution is 2.23. The van der Waals surface area contributed by atoms with Gasteiger partial charge in [-0.15, -0.1) is 0 Å². The molecule has 0 radical (unpaired) electrons. The Balaban J connectivity index is 1.71. The predicted octanol–water partition coefficient (Wildman–Crippen LogP) is 4.81. The van der Waals surface area contributed by atoms with Crippen LogP contribution >= 0.6 is 0 Å². The molecule has 3 aromatic carbocycles. The number of fused-ring (bicyclic) bond motifs is 1. The Morgan fingerprint density at radius 2 is 1.58 bits per heavy atom. The summed E-state index contributed by atoms with van der Waals surface area (Å²) in [5, 5.41) is 12.9. The van der Waals surface area contributed by atoms with Crippen molar-refractivity contribution in [3.63, 3.8) is 0 Å². The van der Waals surface area contributed by atoms with Crippen molar-refractivity contribution in [3.05, 3.63) is 83.9 Å². The largest absolute Gasteiger partial charge is 0.388 e. The van der Waals surface area contributed by atoms with Gasteiger partial charge in [0.1, 0.15) is 0 Å². The Labute approximate surface area is 154 Å². The first-order valence-corrected chi connectivity index (χ1v) is 9.09. The standard InChI is InChI=1S/C23H25NO2/c1-17(2)24(23(26)19-9-4-3-5-10-19)15-14-22(25)21-13-12-18-8-6-7-11-20(18)16-21/h3-13,16-17,22,25H,14-15H2,1-2H3. The molecule has 134 valence electrons. The molecule has 0 saturated heterocycles. The number of amides is 1. The van der Waals surface area contributed by atoms with Gasteiger partial charge in [-0.25, -0.2) is 0 Å². The van der Waals surface area contributed by atoms with Crippen LogP contribution in [-0.4, -0.2) is 28.5 Å². The zero-order chi connectivity index (χ0) is 18.5. The lowest BCUT2D eigenvalue weighted by molar-refractivity contribution is 0.0659. The number of hydrogen-bond donors (Lipinski definition) is 1. The second-order valence-electron chi connectivity index (χ2n) is 6.87. The van der Waals surface area contributed by atoms with Crippen LogP contribution in [0.3, 0.4) is 0 Å². The third-order valence-electron chi connectivity index (χ3n) is 4.71. The van der Waals surface area contributed by atoms with E-state index in [1.165, 1.54) is 0 Å². The first kappa shape index (κ1) is 18.2. The zero-order valence-electron chi connectivity index (χ0n) is 15.3. The molecule has 3 heteroatoms. The molecule has 1 unspecified atom stereocenters. The summed E-state index contributed by atoms with van der Waals surface area (Å²) < 4.78 is 0. The van der Waals surface area contributed by atoms with E-state index in [2.05, 4.69) is 6.07 Å². The Bertz CT molecular complexity index is 874. The minimum absolute atomic E-state index is 0.00584. The maximum absolute atomic E-state index is 12.8. The van der Waals surface area contributed by atoms with Gasteiger partial charge in [0, 0.05) is 18.2 Å². The molecule has 0 bridgehead atoms. The quantitative estimate of drug-likeness (QED) is 0.695. The van der Waals surface area contributed by atoms with Gasteiger partial charge in [-0.3, -0.25) is 4.79 Å². The maximum Gasteiger partial charge on any atom is 0.254 e. The molecule has 3 aromatic rings. The fourth-order valence-corrected chi connectivity index (χ4v) is 3.18. The smallest absolute Gasteiger partial charge is 0.254 e. The van der Waals surface area contributed by atoms with Crippen molar-refractivity contribution in [3.8, 4) is 0 Å². The van der Waals surface area contributed by atoms with Crippen molar-refractivity contribution in [2.24, 2.45) is 0 Å². The second kappa shape index (κ2) is 8.15. The normalized spacial score (nSPS) is 12.3. The number of hydrogen-bond acceptors (Lipinski definition) is 2. The summed E-state index contributed by atoms with van der Waals surface area (Å²) in [7, 11) is 0. The lowest BCUT2D eigenvalue weighted by Crippen LogP contribution is -2.38. The monoisotopic (exact) mass is 347 g/mol. The summed E-state index contributed by atoms with van der Waals surface area (Å²) in [5.41, 5.74) is 1.57. The first-order chi connectivity index (χ1) is 12.6. The van der Waals surface area contributed by atoms with Gasteiger partial charge in [-0.05, 0) is 54.8 Å². The van der Waals surface area contributed by atoms with E-state index in [4.69, 9.17) is 0 Å². The van der Waals surface area contributed by atoms with Crippen LogP contribution in [0.4, 0.5) is 0 Å². The number of benzene rings is 3. The van der Waals surface area contributed by atoms with Gasteiger partial charge in [0.2, 0.25) is 0 Å². The number of rotatable bonds is 6. The Kier molecular flexibility index (Phi) is 5.69. The molecule has 0 fully saturated rings. The van der Waals surface area contributed by atoms with Gasteiger partial charge in [0.15, 0.2) is 0 Å². The minimum Gasteiger partial charge on any atom is -0.388 e. The average Bonchev–Trinajstić information content (AvgIpc) is 2.67. The summed E-state index contributed by atoms with van der Waals surface area (Å²) in [6.45, 7) is 4.52. The Hall–Kier alpha value is -2.65. The summed E-state index contributed by atoms with van der Waals surface area (Å²) in [6, 6.07) is 23.5. The van der Waals surface area contributed by atoms with E-state index in [9.17, 15) is 9.90 Å². The first-order valence-electron chi connectivity index (χ1n) is 9.09. The lowest BCUT2D eigenvalue weighted by atomic mass is 10.0. The molecular weight excluding hydrogens is 322 g/mol. The lowest BCUT2D eigenvalue weighted by Gasteiger charge is -2.28. The molecule has 26 heavy (non-hydrogen) atoms. The molecule has 0 aliphatic rings. The number of aliphatic hydroxyl groups is 1. The molecule has 0 aliphatic heterocycles. The molecule has 0 saturated carbocycles. The molecule has 0 aliphatic carbocycles. The molecular formula is C23H25NO2. The third-order valence-corrected chi connectivity index (χ3v) is 4.71. The highest BCUT2D eigenvalue weighted by molar-refractivity contribution is 5.94. The van der Waals surface area contributed by atoms with Gasteiger partial charge in [-0.1, -0.05) is 54.6 Å². The van der Waals surface area contributed by atoms with Crippen LogP contribution in [0.25, 0.3) is 10.8 Å². The number of carbonyl (C=O) groups excluding carboxylic acids is 1. The topological polar surface area (TPSA) is 40.5 Å². The van der Waals surface area contributed by atoms with E-state index in [1.807, 2.05) is 85.5 Å². The van der Waals surface area contributed by atoms with Crippen LogP contribution in [0, 0.1) is 0 Å². The second-order valence-corrected chi connectivity index (χ2v) is 6.87. The number of nitrogens with zero attached hydrogens (tertiary/aromatic N) is 1. The van der Waals surface area contributed by atoms with Crippen LogP contribution in [0.2, 0.25) is 0 Å². The third kappa shape index (κ3) is 4.12. The molecule has 0 heterocycles.